The number of allylic oxidation sites excluding steroid dienone is 15. The number of rotatable bonds is 44. The summed E-state index contributed by atoms with van der Waals surface area (Å²) in [6.07, 6.45) is 50.3. The van der Waals surface area contributed by atoms with Crippen molar-refractivity contribution in [3.8, 4) is 0 Å². The van der Waals surface area contributed by atoms with Crippen molar-refractivity contribution in [3.05, 3.63) is 97.2 Å². The van der Waals surface area contributed by atoms with Gasteiger partial charge < -0.3 is 45.1 Å². The molecule has 1 fully saturated rings. The van der Waals surface area contributed by atoms with E-state index >= 15 is 0 Å². The van der Waals surface area contributed by atoms with Gasteiger partial charge in [-0.25, -0.2) is 0 Å². The molecule has 0 spiro atoms. The number of nitrogens with one attached hydrogen (secondary N) is 1. The Labute approximate surface area is 425 Å². The molecule has 1 amide bonds. The van der Waals surface area contributed by atoms with Crippen LogP contribution in [-0.4, -0.2) is 99.6 Å². The van der Waals surface area contributed by atoms with Crippen LogP contribution >= 0.6 is 0 Å². The molecule has 11 nitrogen and oxygen atoms in total. The zero-order chi connectivity index (χ0) is 51.1. The number of hydrogen-bond donors (Lipinski definition) is 6. The maximum Gasteiger partial charge on any atom is 0.306 e. The molecule has 0 radical (unpaired) electrons. The van der Waals surface area contributed by atoms with E-state index in [1.807, 2.05) is 48.6 Å². The first-order chi connectivity index (χ1) is 34.2. The molecule has 0 bridgehead atoms. The van der Waals surface area contributed by atoms with Gasteiger partial charge in [0.2, 0.25) is 5.91 Å². The van der Waals surface area contributed by atoms with Crippen LogP contribution in [-0.2, 0) is 23.8 Å². The summed E-state index contributed by atoms with van der Waals surface area (Å²) in [7, 11) is 0. The van der Waals surface area contributed by atoms with E-state index < -0.39 is 67.4 Å². The number of esters is 1. The SMILES string of the molecule is CC/C=C/C=C/C=C\C=C/CCCCC(O)C(=O)NC(COC1OC(CO)C(O)C(O)C1OC(=O)CCCCCC/C=C\C/C=C\C/C=C\CCCCC)C(O)/C=C/CCCCCCCCCCCC. The lowest BCUT2D eigenvalue weighted by molar-refractivity contribution is -0.305. The van der Waals surface area contributed by atoms with Crippen LogP contribution in [0.25, 0.3) is 0 Å². The van der Waals surface area contributed by atoms with Gasteiger partial charge in [-0.15, -0.1) is 0 Å². The zero-order valence-corrected chi connectivity index (χ0v) is 43.8. The Morgan fingerprint density at radius 1 is 0.586 bits per heavy atom. The molecule has 8 unspecified atom stereocenters. The van der Waals surface area contributed by atoms with Crippen LogP contribution in [0.3, 0.4) is 0 Å². The zero-order valence-electron chi connectivity index (χ0n) is 43.8. The average Bonchev–Trinajstić information content (AvgIpc) is 3.36. The first-order valence-corrected chi connectivity index (χ1v) is 27.6. The highest BCUT2D eigenvalue weighted by molar-refractivity contribution is 5.80. The van der Waals surface area contributed by atoms with Crippen LogP contribution in [0, 0.1) is 0 Å². The molecule has 6 N–H and O–H groups in total. The van der Waals surface area contributed by atoms with Gasteiger partial charge in [-0.1, -0.05) is 208 Å². The Hall–Kier alpha value is -3.42. The maximum absolute atomic E-state index is 13.3. The topological polar surface area (TPSA) is 175 Å². The number of ether oxygens (including phenoxy) is 3. The normalized spacial score (nSPS) is 20.5. The van der Waals surface area contributed by atoms with E-state index in [4.69, 9.17) is 14.2 Å². The average molecular weight is 982 g/mol. The van der Waals surface area contributed by atoms with Crippen LogP contribution in [0.15, 0.2) is 97.2 Å². The lowest BCUT2D eigenvalue weighted by Crippen LogP contribution is -2.61. The van der Waals surface area contributed by atoms with Gasteiger partial charge in [0.25, 0.3) is 0 Å². The number of unbranched alkanes of at least 4 members (excludes halogenated alkanes) is 19. The molecule has 0 aromatic carbocycles. The van der Waals surface area contributed by atoms with Crippen molar-refractivity contribution in [3.63, 3.8) is 0 Å². The largest absolute Gasteiger partial charge is 0.454 e. The first kappa shape index (κ1) is 64.6. The molecule has 1 heterocycles. The second-order valence-corrected chi connectivity index (χ2v) is 18.7. The minimum atomic E-state index is -1.63. The first-order valence-electron chi connectivity index (χ1n) is 27.6. The highest BCUT2D eigenvalue weighted by Crippen LogP contribution is 2.26. The summed E-state index contributed by atoms with van der Waals surface area (Å²) in [4.78, 5) is 26.4. The van der Waals surface area contributed by atoms with Gasteiger partial charge in [0, 0.05) is 6.42 Å². The molecule has 0 aromatic heterocycles. The van der Waals surface area contributed by atoms with Gasteiger partial charge in [0.05, 0.1) is 25.4 Å². The van der Waals surface area contributed by atoms with Crippen molar-refractivity contribution in [1.29, 1.82) is 0 Å². The third-order valence-corrected chi connectivity index (χ3v) is 12.3. The van der Waals surface area contributed by atoms with Gasteiger partial charge in [0.15, 0.2) is 12.4 Å². The van der Waals surface area contributed by atoms with Gasteiger partial charge >= 0.3 is 5.97 Å². The monoisotopic (exact) mass is 982 g/mol. The summed E-state index contributed by atoms with van der Waals surface area (Å²) in [6, 6.07) is -1.05. The van der Waals surface area contributed by atoms with Crippen LogP contribution in [0.2, 0.25) is 0 Å². The van der Waals surface area contributed by atoms with E-state index in [2.05, 4.69) is 68.6 Å². The highest BCUT2D eigenvalue weighted by Gasteiger charge is 2.47. The van der Waals surface area contributed by atoms with Crippen LogP contribution in [0.5, 0.6) is 0 Å². The predicted octanol–water partition coefficient (Wildman–Crippen LogP) is 12.0. The van der Waals surface area contributed by atoms with E-state index in [9.17, 15) is 35.1 Å². The number of amides is 1. The Bertz CT molecular complexity index is 1500. The summed E-state index contributed by atoms with van der Waals surface area (Å²) in [5, 5.41) is 56.6. The third kappa shape index (κ3) is 34.8. The molecule has 400 valence electrons. The van der Waals surface area contributed by atoms with Gasteiger partial charge in [0.1, 0.15) is 24.4 Å². The number of aliphatic hydroxyl groups is 5. The highest BCUT2D eigenvalue weighted by atomic mass is 16.7. The Balaban J connectivity index is 2.79. The third-order valence-electron chi connectivity index (χ3n) is 12.3. The fourth-order valence-electron chi connectivity index (χ4n) is 7.90. The summed E-state index contributed by atoms with van der Waals surface area (Å²) < 4.78 is 17.5. The molecular formula is C59H99NO10. The van der Waals surface area contributed by atoms with Crippen molar-refractivity contribution in [2.45, 2.75) is 250 Å². The summed E-state index contributed by atoms with van der Waals surface area (Å²) >= 11 is 0. The lowest BCUT2D eigenvalue weighted by Gasteiger charge is -2.41. The summed E-state index contributed by atoms with van der Waals surface area (Å²) in [5.74, 6) is -1.27. The fraction of sp³-hybridized carbons (Fsp3) is 0.695. The number of aliphatic hydroxyl groups excluding tert-OH is 5. The smallest absolute Gasteiger partial charge is 0.306 e. The van der Waals surface area contributed by atoms with Crippen molar-refractivity contribution < 1.29 is 49.3 Å². The minimum absolute atomic E-state index is 0.0877. The lowest BCUT2D eigenvalue weighted by atomic mass is 9.99. The maximum atomic E-state index is 13.3. The van der Waals surface area contributed by atoms with Gasteiger partial charge in [-0.3, -0.25) is 9.59 Å². The van der Waals surface area contributed by atoms with Crippen molar-refractivity contribution in [2.75, 3.05) is 13.2 Å². The Morgan fingerprint density at radius 3 is 1.70 bits per heavy atom. The van der Waals surface area contributed by atoms with E-state index in [0.717, 1.165) is 89.9 Å². The Kier molecular flexibility index (Phi) is 43.0. The second kappa shape index (κ2) is 46.6. The molecule has 1 saturated heterocycles. The van der Waals surface area contributed by atoms with Crippen LogP contribution in [0.1, 0.15) is 201 Å². The minimum Gasteiger partial charge on any atom is -0.454 e. The molecule has 0 saturated carbocycles. The molecule has 0 aliphatic carbocycles. The molecular weight excluding hydrogens is 883 g/mol. The quantitative estimate of drug-likeness (QED) is 0.0149. The standard InChI is InChI=1S/C59H99NO10/c1-4-7-10-13-16-19-22-25-26-27-28-29-32-35-38-41-44-47-54(64)70-57-56(66)55(65)53(48-61)69-59(57)68-49-50(51(62)45-42-39-36-33-30-23-20-17-14-11-8-5-2)60-58(67)52(63)46-43-40-37-34-31-24-21-18-15-12-9-6-3/h9,12,15-16,18-19,21,24-26,28-29,31,34,42,45,50-53,55-57,59,61-63,65-66H,4-8,10-11,13-14,17,20,22-23,27,30,32-33,35-41,43-44,46-49H2,1-3H3,(H,60,67)/b12-9+,18-15+,19-16-,24-21-,26-25-,29-28-,34-31-,45-42+. The fourth-order valence-corrected chi connectivity index (χ4v) is 7.90. The molecule has 8 atom stereocenters. The van der Waals surface area contributed by atoms with Crippen molar-refractivity contribution in [2.24, 2.45) is 0 Å². The molecule has 70 heavy (non-hydrogen) atoms. The molecule has 0 aromatic rings. The van der Waals surface area contributed by atoms with E-state index in [1.165, 1.54) is 64.2 Å². The van der Waals surface area contributed by atoms with Crippen molar-refractivity contribution in [1.82, 2.24) is 5.32 Å². The van der Waals surface area contributed by atoms with E-state index in [0.29, 0.717) is 12.8 Å². The summed E-state index contributed by atoms with van der Waals surface area (Å²) in [6.45, 7) is 5.54. The predicted molar refractivity (Wildman–Crippen MR) is 287 cm³/mol. The molecule has 11 heteroatoms. The summed E-state index contributed by atoms with van der Waals surface area (Å²) in [5.41, 5.74) is 0. The van der Waals surface area contributed by atoms with Gasteiger partial charge in [-0.05, 0) is 83.5 Å². The molecule has 1 aliphatic heterocycles. The van der Waals surface area contributed by atoms with Gasteiger partial charge in [-0.2, -0.15) is 0 Å². The van der Waals surface area contributed by atoms with E-state index in [1.54, 1.807) is 6.08 Å². The number of hydrogen-bond acceptors (Lipinski definition) is 10. The molecule has 1 aliphatic rings. The molecule has 1 rings (SSSR count). The van der Waals surface area contributed by atoms with Crippen LogP contribution in [0.4, 0.5) is 0 Å². The Morgan fingerprint density at radius 2 is 1.09 bits per heavy atom. The van der Waals surface area contributed by atoms with E-state index in [-0.39, 0.29) is 19.4 Å². The second-order valence-electron chi connectivity index (χ2n) is 18.7. The van der Waals surface area contributed by atoms with Crippen LogP contribution < -0.4 is 5.32 Å². The number of carbonyl (C=O) groups excluding carboxylic acids is 2. The number of carbonyl (C=O) groups is 2. The van der Waals surface area contributed by atoms with Crippen molar-refractivity contribution >= 4 is 11.9 Å².